The van der Waals surface area contributed by atoms with Gasteiger partial charge in [0.15, 0.2) is 18.9 Å². The van der Waals surface area contributed by atoms with Crippen LogP contribution in [-0.2, 0) is 99.4 Å². The third-order valence-electron chi connectivity index (χ3n) is 16.7. The van der Waals surface area contributed by atoms with Crippen LogP contribution in [0, 0.1) is 0 Å². The van der Waals surface area contributed by atoms with Crippen LogP contribution in [0.15, 0.2) is 0 Å². The molecular formula is C66H122N9O31P. The lowest BCUT2D eigenvalue weighted by Gasteiger charge is -2.42. The van der Waals surface area contributed by atoms with Gasteiger partial charge < -0.3 is 141 Å². The highest BCUT2D eigenvalue weighted by atomic mass is 31.2. The van der Waals surface area contributed by atoms with Gasteiger partial charge in [-0.15, -0.1) is 0 Å². The Balaban J connectivity index is 0.0000193. The predicted octanol–water partition coefficient (Wildman–Crippen LogP) is -5.23. The van der Waals surface area contributed by atoms with E-state index in [4.69, 9.17) is 47.2 Å². The van der Waals surface area contributed by atoms with Crippen LogP contribution in [0.1, 0.15) is 144 Å². The fraction of sp³-hybridized carbons (Fsp3) is 0.864. The fourth-order valence-electron chi connectivity index (χ4n) is 11.0. The van der Waals surface area contributed by atoms with Crippen molar-refractivity contribution in [2.45, 2.75) is 248 Å². The van der Waals surface area contributed by atoms with Crippen molar-refractivity contribution in [3.63, 3.8) is 0 Å². The molecule has 0 saturated carbocycles. The quantitative estimate of drug-likeness (QED) is 0.0200. The van der Waals surface area contributed by atoms with E-state index in [1.807, 2.05) is 13.8 Å². The standard InChI is InChI=1S/C64H116N9O31P.C2H6/c1-39(77)69-51-57(87)54(84)44(36-74)102-62(51)98-33-30-95-27-19-48(81)66-23-13-9-16-42(60(90)68-25-12-7-8-18-47(80)65-22-11-5-6-15-26-101-105(92,93)94-4)73-61(91)43(72-50(83)21-29-97-32-35-100-64-53(71-41(3)79)59(89)56(86)46(38-76)104-64)17-10-14-24-67-49(82)20-28-96-31-34-99-63-52(70-40(2)78)58(88)55(85)45(37-75)103-63;1-2/h42-46,51-59,62-64,74-76,84-89H,5-38H2,1-4H3,(H,65,80)(H,66,81)(H,67,82)(H,68,90)(H,69,77)(H,70,78)(H,71,79)(H,72,83)(H,73,91)(H,92,93);1-2H3/t42-,43-,44?,45?,46?,51?,52?,53?,54?,55?,56?,57?,58?,59?,62?,63?,64?;/m0./s1. The molecule has 3 aliphatic rings. The third-order valence-corrected chi connectivity index (χ3v) is 17.7. The van der Waals surface area contributed by atoms with Gasteiger partial charge in [0.1, 0.15) is 85.1 Å². The molecule has 3 aliphatic heterocycles. The van der Waals surface area contributed by atoms with E-state index in [2.05, 4.69) is 52.4 Å². The van der Waals surface area contributed by atoms with Crippen molar-refractivity contribution in [1.82, 2.24) is 47.9 Å². The zero-order valence-electron chi connectivity index (χ0n) is 62.3. The maximum Gasteiger partial charge on any atom is 0.471 e. The fourth-order valence-corrected chi connectivity index (χ4v) is 11.5. The van der Waals surface area contributed by atoms with Crippen molar-refractivity contribution in [2.75, 3.05) is 119 Å². The Hall–Kier alpha value is -5.38. The number of hydrogen-bond donors (Lipinski definition) is 19. The second-order valence-corrected chi connectivity index (χ2v) is 26.8. The minimum atomic E-state index is -4.03. The SMILES string of the molecule is CC.COP(=O)(O)OCCCCCCNC(=O)CCCCCNC(=O)[C@H](CCCCNC(=O)CCOCCOC1OC(CO)C(O)C(O)C1NC(C)=O)NC(=O)[C@H](CCCCNC(=O)CCOCCOC1OC(CO)C(O)C(O)C1NC(C)=O)NC(=O)CCOCCOC1OC(CO)C(O)C(O)C1NC(C)=O. The van der Waals surface area contributed by atoms with E-state index in [1.54, 1.807) is 0 Å². The van der Waals surface area contributed by atoms with Gasteiger partial charge in [0.2, 0.25) is 53.2 Å². The van der Waals surface area contributed by atoms with Crippen molar-refractivity contribution in [3.05, 3.63) is 0 Å². The number of aliphatic hydroxyl groups excluding tert-OH is 9. The largest absolute Gasteiger partial charge is 0.471 e. The highest BCUT2D eigenvalue weighted by Gasteiger charge is 2.48. The van der Waals surface area contributed by atoms with E-state index in [-0.39, 0.29) is 148 Å². The van der Waals surface area contributed by atoms with Crippen LogP contribution in [-0.4, -0.2) is 327 Å². The summed E-state index contributed by atoms with van der Waals surface area (Å²) in [6.45, 7) is 5.78. The molecule has 0 bridgehead atoms. The number of phosphoric acid groups is 1. The minimum absolute atomic E-state index is 0.0278. The first-order chi connectivity index (χ1) is 51.2. The van der Waals surface area contributed by atoms with Gasteiger partial charge in [-0.2, -0.15) is 0 Å². The van der Waals surface area contributed by atoms with Gasteiger partial charge in [-0.25, -0.2) is 4.57 Å². The molecule has 3 fully saturated rings. The summed E-state index contributed by atoms with van der Waals surface area (Å²) in [7, 11) is -2.95. The van der Waals surface area contributed by atoms with E-state index < -0.39 is 167 Å². The molecule has 0 aromatic carbocycles. The van der Waals surface area contributed by atoms with Crippen LogP contribution in [0.25, 0.3) is 0 Å². The Morgan fingerprint density at radius 2 is 0.729 bits per heavy atom. The molecule has 0 radical (unpaired) electrons. The molecule has 40 nitrogen and oxygen atoms in total. The summed E-state index contributed by atoms with van der Waals surface area (Å²) in [6, 6.07) is -5.87. The molecule has 3 saturated heterocycles. The molecule has 19 N–H and O–H groups in total. The molecule has 3 heterocycles. The first-order valence-corrected chi connectivity index (χ1v) is 38.1. The number of nitrogens with one attached hydrogen (secondary N) is 9. The Labute approximate surface area is 624 Å². The smallest absolute Gasteiger partial charge is 0.394 e. The number of aliphatic hydroxyl groups is 9. The van der Waals surface area contributed by atoms with Crippen LogP contribution < -0.4 is 47.9 Å². The molecule has 0 aromatic heterocycles. The first-order valence-electron chi connectivity index (χ1n) is 36.6. The predicted molar refractivity (Wildman–Crippen MR) is 375 cm³/mol. The van der Waals surface area contributed by atoms with Gasteiger partial charge in [-0.05, 0) is 64.2 Å². The summed E-state index contributed by atoms with van der Waals surface area (Å²) < 4.78 is 70.8. The first kappa shape index (κ1) is 97.7. The molecule has 3 rings (SSSR count). The number of carbonyl (C=O) groups excluding carboxylic acids is 9. The third kappa shape index (κ3) is 40.4. The molecule has 0 aliphatic carbocycles. The summed E-state index contributed by atoms with van der Waals surface area (Å²) in [5, 5.41) is 115. The second-order valence-electron chi connectivity index (χ2n) is 25.2. The van der Waals surface area contributed by atoms with Crippen LogP contribution in [0.3, 0.4) is 0 Å². The molecule has 16 unspecified atom stereocenters. The molecule has 0 spiro atoms. The lowest BCUT2D eigenvalue weighted by molar-refractivity contribution is -0.272. The second kappa shape index (κ2) is 56.8. The molecule has 41 heteroatoms. The number of ether oxygens (including phenoxy) is 9. The molecule has 107 heavy (non-hydrogen) atoms. The van der Waals surface area contributed by atoms with Crippen molar-refractivity contribution < 1.29 is 150 Å². The summed E-state index contributed by atoms with van der Waals surface area (Å²) in [5.41, 5.74) is 0. The van der Waals surface area contributed by atoms with Gasteiger partial charge in [0.05, 0.1) is 85.9 Å². The number of rotatable bonds is 56. The van der Waals surface area contributed by atoms with Crippen molar-refractivity contribution in [1.29, 1.82) is 0 Å². The summed E-state index contributed by atoms with van der Waals surface area (Å²) >= 11 is 0. The van der Waals surface area contributed by atoms with Crippen molar-refractivity contribution in [2.24, 2.45) is 0 Å². The Morgan fingerprint density at radius 3 is 1.10 bits per heavy atom. The molecule has 0 aromatic rings. The van der Waals surface area contributed by atoms with E-state index >= 15 is 0 Å². The molecule has 18 atom stereocenters. The normalized spacial score (nSPS) is 25.3. The van der Waals surface area contributed by atoms with Gasteiger partial charge >= 0.3 is 7.82 Å². The van der Waals surface area contributed by atoms with Gasteiger partial charge in [-0.3, -0.25) is 52.2 Å². The summed E-state index contributed by atoms with van der Waals surface area (Å²) in [6.07, 6.45) is -11.0. The van der Waals surface area contributed by atoms with Gasteiger partial charge in [0, 0.05) is 79.7 Å². The Morgan fingerprint density at radius 1 is 0.393 bits per heavy atom. The van der Waals surface area contributed by atoms with E-state index in [1.165, 1.54) is 20.8 Å². The average Bonchev–Trinajstić information content (AvgIpc) is 0.822. The number of phosphoric ester groups is 1. The van der Waals surface area contributed by atoms with Gasteiger partial charge in [0.25, 0.3) is 0 Å². The summed E-state index contributed by atoms with van der Waals surface area (Å²) in [4.78, 5) is 125. The van der Waals surface area contributed by atoms with Gasteiger partial charge in [-0.1, -0.05) is 33.1 Å². The number of hydrogen-bond acceptors (Lipinski definition) is 30. The van der Waals surface area contributed by atoms with Crippen molar-refractivity contribution >= 4 is 61.0 Å². The highest BCUT2D eigenvalue weighted by Crippen LogP contribution is 2.42. The summed E-state index contributed by atoms with van der Waals surface area (Å²) in [5.74, 6) is -4.40. The monoisotopic (exact) mass is 1570 g/mol. The Kier molecular flexibility index (Phi) is 51.8. The van der Waals surface area contributed by atoms with E-state index in [0.29, 0.717) is 64.3 Å². The minimum Gasteiger partial charge on any atom is -0.394 e. The molecule has 9 amide bonds. The zero-order valence-corrected chi connectivity index (χ0v) is 63.2. The lowest BCUT2D eigenvalue weighted by atomic mass is 9.97. The molecular weight excluding hydrogens is 1450 g/mol. The zero-order chi connectivity index (χ0) is 79.7. The highest BCUT2D eigenvalue weighted by molar-refractivity contribution is 7.47. The lowest BCUT2D eigenvalue weighted by Crippen LogP contribution is -2.64. The van der Waals surface area contributed by atoms with Crippen LogP contribution in [0.5, 0.6) is 0 Å². The topological polar surface area (TPSA) is 583 Å². The van der Waals surface area contributed by atoms with Crippen LogP contribution in [0.4, 0.5) is 0 Å². The molecule has 622 valence electrons. The maximum absolute atomic E-state index is 14.3. The maximum atomic E-state index is 14.3. The van der Waals surface area contributed by atoms with Crippen LogP contribution >= 0.6 is 7.82 Å². The Bertz CT molecular complexity index is 2600. The van der Waals surface area contributed by atoms with E-state index in [0.717, 1.165) is 13.5 Å². The van der Waals surface area contributed by atoms with Crippen LogP contribution in [0.2, 0.25) is 0 Å². The number of carbonyl (C=O) groups is 9. The average molecular weight is 1570 g/mol. The van der Waals surface area contributed by atoms with Crippen molar-refractivity contribution in [3.8, 4) is 0 Å². The number of amides is 9. The number of unbranched alkanes of at least 4 members (excludes halogenated alkanes) is 7. The van der Waals surface area contributed by atoms with E-state index in [9.17, 15) is 98.6 Å².